The maximum atomic E-state index is 13.3. The van der Waals surface area contributed by atoms with E-state index in [4.69, 9.17) is 9.47 Å². The van der Waals surface area contributed by atoms with Gasteiger partial charge in [-0.15, -0.1) is 0 Å². The normalized spacial score (nSPS) is 15.3. The first kappa shape index (κ1) is 21.1. The highest BCUT2D eigenvalue weighted by Crippen LogP contribution is 2.36. The van der Waals surface area contributed by atoms with Crippen LogP contribution in [0.4, 0.5) is 0 Å². The smallest absolute Gasteiger partial charge is 0.226 e. The molecule has 0 spiro atoms. The molecule has 1 fully saturated rings. The van der Waals surface area contributed by atoms with Gasteiger partial charge in [0, 0.05) is 37.7 Å². The molecule has 1 amide bonds. The maximum absolute atomic E-state index is 13.3. The molecule has 1 saturated heterocycles. The van der Waals surface area contributed by atoms with E-state index in [1.54, 1.807) is 19.5 Å². The van der Waals surface area contributed by atoms with Crippen molar-refractivity contribution in [2.24, 2.45) is 5.41 Å². The van der Waals surface area contributed by atoms with Crippen molar-refractivity contribution >= 4 is 5.91 Å². The molecule has 0 atom stereocenters. The van der Waals surface area contributed by atoms with Crippen molar-refractivity contribution < 1.29 is 14.3 Å². The molecule has 31 heavy (non-hydrogen) atoms. The lowest BCUT2D eigenvalue weighted by molar-refractivity contribution is -0.136. The van der Waals surface area contributed by atoms with E-state index in [1.807, 2.05) is 30.3 Å². The summed E-state index contributed by atoms with van der Waals surface area (Å²) in [7, 11) is 1.69. The minimum Gasteiger partial charge on any atom is -0.496 e. The first-order valence-corrected chi connectivity index (χ1v) is 10.7. The van der Waals surface area contributed by atoms with E-state index in [0.717, 1.165) is 40.8 Å². The molecule has 1 aliphatic heterocycles. The lowest BCUT2D eigenvalue weighted by atomic mass is 9.74. The summed E-state index contributed by atoms with van der Waals surface area (Å²) < 4.78 is 11.1. The van der Waals surface area contributed by atoms with Crippen molar-refractivity contribution in [2.75, 3.05) is 20.3 Å². The van der Waals surface area contributed by atoms with Crippen LogP contribution in [0.15, 0.2) is 73.1 Å². The molecule has 1 aliphatic rings. The number of pyridine rings is 1. The third-order valence-corrected chi connectivity index (χ3v) is 6.02. The molecule has 0 radical (unpaired) electrons. The molecule has 5 nitrogen and oxygen atoms in total. The number of methoxy groups -OCH3 is 1. The molecule has 1 aromatic heterocycles. The fourth-order valence-corrected chi connectivity index (χ4v) is 4.19. The number of amides is 1. The van der Waals surface area contributed by atoms with Crippen LogP contribution < -0.4 is 10.1 Å². The van der Waals surface area contributed by atoms with Gasteiger partial charge in [0.15, 0.2) is 0 Å². The summed E-state index contributed by atoms with van der Waals surface area (Å²) in [6.45, 7) is 1.71. The van der Waals surface area contributed by atoms with Crippen LogP contribution in [-0.4, -0.2) is 31.2 Å². The third-order valence-electron chi connectivity index (χ3n) is 6.02. The standard InChI is InChI=1S/C26H28N2O3/c1-30-24-7-3-2-6-23(24)22-10-8-20(9-11-22)17-26(12-15-31-16-13-26)25(29)28-19-21-5-4-14-27-18-21/h2-11,14,18H,12-13,15-17,19H2,1H3,(H,28,29). The van der Waals surface area contributed by atoms with E-state index in [-0.39, 0.29) is 5.91 Å². The molecule has 5 heteroatoms. The van der Waals surface area contributed by atoms with E-state index < -0.39 is 5.41 Å². The van der Waals surface area contributed by atoms with Crippen LogP contribution in [0.5, 0.6) is 5.75 Å². The molecule has 0 aliphatic carbocycles. The van der Waals surface area contributed by atoms with Gasteiger partial charge >= 0.3 is 0 Å². The van der Waals surface area contributed by atoms with Crippen molar-refractivity contribution in [3.05, 3.63) is 84.2 Å². The van der Waals surface area contributed by atoms with Crippen LogP contribution >= 0.6 is 0 Å². The number of nitrogens with zero attached hydrogens (tertiary/aromatic N) is 1. The Balaban J connectivity index is 1.50. The summed E-state index contributed by atoms with van der Waals surface area (Å²) >= 11 is 0. The van der Waals surface area contributed by atoms with Gasteiger partial charge in [0.1, 0.15) is 5.75 Å². The molecule has 2 heterocycles. The zero-order valence-electron chi connectivity index (χ0n) is 17.8. The summed E-state index contributed by atoms with van der Waals surface area (Å²) in [5, 5.41) is 3.13. The molecular formula is C26H28N2O3. The monoisotopic (exact) mass is 416 g/mol. The number of para-hydroxylation sites is 1. The summed E-state index contributed by atoms with van der Waals surface area (Å²) in [6, 6.07) is 20.3. The zero-order chi connectivity index (χ0) is 21.5. The quantitative estimate of drug-likeness (QED) is 0.620. The molecule has 4 rings (SSSR count). The van der Waals surface area contributed by atoms with E-state index in [0.29, 0.717) is 26.2 Å². The number of benzene rings is 2. The van der Waals surface area contributed by atoms with Gasteiger partial charge < -0.3 is 14.8 Å². The average Bonchev–Trinajstić information content (AvgIpc) is 2.84. The molecule has 160 valence electrons. The second kappa shape index (κ2) is 9.75. The largest absolute Gasteiger partial charge is 0.496 e. The van der Waals surface area contributed by atoms with Gasteiger partial charge in [-0.05, 0) is 48.1 Å². The summed E-state index contributed by atoms with van der Waals surface area (Å²) in [5.74, 6) is 0.944. The number of hydrogen-bond acceptors (Lipinski definition) is 4. The van der Waals surface area contributed by atoms with Crippen LogP contribution in [0.1, 0.15) is 24.0 Å². The summed E-state index contributed by atoms with van der Waals surface area (Å²) in [4.78, 5) is 17.4. The van der Waals surface area contributed by atoms with Crippen molar-refractivity contribution in [1.29, 1.82) is 0 Å². The highest BCUT2D eigenvalue weighted by molar-refractivity contribution is 5.83. The zero-order valence-corrected chi connectivity index (χ0v) is 17.8. The predicted molar refractivity (Wildman–Crippen MR) is 121 cm³/mol. The number of rotatable bonds is 7. The second-order valence-electron chi connectivity index (χ2n) is 8.01. The van der Waals surface area contributed by atoms with E-state index in [9.17, 15) is 4.79 Å². The van der Waals surface area contributed by atoms with Crippen LogP contribution in [0.25, 0.3) is 11.1 Å². The lowest BCUT2D eigenvalue weighted by Crippen LogP contribution is -2.45. The maximum Gasteiger partial charge on any atom is 0.226 e. The highest BCUT2D eigenvalue weighted by atomic mass is 16.5. The summed E-state index contributed by atoms with van der Waals surface area (Å²) in [6.07, 6.45) is 5.66. The lowest BCUT2D eigenvalue weighted by Gasteiger charge is -2.36. The fourth-order valence-electron chi connectivity index (χ4n) is 4.19. The van der Waals surface area contributed by atoms with Crippen molar-refractivity contribution in [3.63, 3.8) is 0 Å². The minimum atomic E-state index is -0.452. The molecule has 1 N–H and O–H groups in total. The number of ether oxygens (including phenoxy) is 2. The number of carbonyl (C=O) groups excluding carboxylic acids is 1. The van der Waals surface area contributed by atoms with Gasteiger partial charge in [-0.25, -0.2) is 0 Å². The summed E-state index contributed by atoms with van der Waals surface area (Å²) in [5.41, 5.74) is 3.86. The van der Waals surface area contributed by atoms with Gasteiger partial charge in [-0.1, -0.05) is 48.5 Å². The van der Waals surface area contributed by atoms with Crippen LogP contribution in [0.2, 0.25) is 0 Å². The van der Waals surface area contributed by atoms with Gasteiger partial charge in [0.05, 0.1) is 12.5 Å². The molecule has 0 unspecified atom stereocenters. The second-order valence-corrected chi connectivity index (χ2v) is 8.01. The molecule has 3 aromatic rings. The van der Waals surface area contributed by atoms with Crippen molar-refractivity contribution in [1.82, 2.24) is 10.3 Å². The Hall–Kier alpha value is -3.18. The number of hydrogen-bond donors (Lipinski definition) is 1. The Morgan fingerprint density at radius 3 is 2.52 bits per heavy atom. The molecule has 0 saturated carbocycles. The highest BCUT2D eigenvalue weighted by Gasteiger charge is 2.39. The van der Waals surface area contributed by atoms with Crippen molar-refractivity contribution in [3.8, 4) is 16.9 Å². The Morgan fingerprint density at radius 1 is 1.03 bits per heavy atom. The van der Waals surface area contributed by atoms with Gasteiger partial charge in [-0.2, -0.15) is 0 Å². The topological polar surface area (TPSA) is 60.5 Å². The number of aromatic nitrogens is 1. The van der Waals surface area contributed by atoms with Crippen molar-refractivity contribution in [2.45, 2.75) is 25.8 Å². The first-order valence-electron chi connectivity index (χ1n) is 10.7. The third kappa shape index (κ3) is 4.94. The van der Waals surface area contributed by atoms with E-state index >= 15 is 0 Å². The van der Waals surface area contributed by atoms with Crippen LogP contribution in [0.3, 0.4) is 0 Å². The Labute approximate surface area is 183 Å². The molecule has 2 aromatic carbocycles. The van der Waals surface area contributed by atoms with Crippen LogP contribution in [-0.2, 0) is 22.5 Å². The van der Waals surface area contributed by atoms with Crippen LogP contribution in [0, 0.1) is 5.41 Å². The number of nitrogens with one attached hydrogen (secondary N) is 1. The van der Waals surface area contributed by atoms with Gasteiger partial charge in [0.2, 0.25) is 5.91 Å². The average molecular weight is 417 g/mol. The molecule has 0 bridgehead atoms. The van der Waals surface area contributed by atoms with Gasteiger partial charge in [0.25, 0.3) is 0 Å². The fraction of sp³-hybridized carbons (Fsp3) is 0.308. The van der Waals surface area contributed by atoms with E-state index in [2.05, 4.69) is 40.6 Å². The Bertz CT molecular complexity index is 997. The minimum absolute atomic E-state index is 0.0912. The SMILES string of the molecule is COc1ccccc1-c1ccc(CC2(C(=O)NCc3cccnc3)CCOCC2)cc1. The predicted octanol–water partition coefficient (Wildman–Crippen LogP) is 4.41. The molecular weight excluding hydrogens is 388 g/mol. The van der Waals surface area contributed by atoms with Gasteiger partial charge in [-0.3, -0.25) is 9.78 Å². The Morgan fingerprint density at radius 2 is 1.81 bits per heavy atom. The van der Waals surface area contributed by atoms with E-state index in [1.165, 1.54) is 0 Å². The first-order chi connectivity index (χ1) is 15.2. The number of carbonyl (C=O) groups is 1. The Kier molecular flexibility index (Phi) is 6.63.